The van der Waals surface area contributed by atoms with Crippen molar-refractivity contribution in [3.8, 4) is 0 Å². The van der Waals surface area contributed by atoms with Gasteiger partial charge in [-0.2, -0.15) is 0 Å². The molecule has 0 unspecified atom stereocenters. The summed E-state index contributed by atoms with van der Waals surface area (Å²) in [6, 6.07) is 6.93. The molecule has 0 aromatic heterocycles. The molecule has 0 bridgehead atoms. The lowest BCUT2D eigenvalue weighted by atomic mass is 10.1. The second kappa shape index (κ2) is 9.07. The Hall–Kier alpha value is -1.35. The Kier molecular flexibility index (Phi) is 7.10. The molecular weight excluding hydrogens is 306 g/mol. The van der Waals surface area contributed by atoms with Gasteiger partial charge in [0.15, 0.2) is 0 Å². The van der Waals surface area contributed by atoms with E-state index in [-0.39, 0.29) is 0 Å². The number of benzene rings is 1. The lowest BCUT2D eigenvalue weighted by molar-refractivity contribution is 0.579. The van der Waals surface area contributed by atoms with E-state index in [2.05, 4.69) is 16.5 Å². The molecule has 1 fully saturated rings. The van der Waals surface area contributed by atoms with Crippen molar-refractivity contribution in [2.75, 3.05) is 6.54 Å². The maximum Gasteiger partial charge on any atom is 0.240 e. The van der Waals surface area contributed by atoms with Crippen molar-refractivity contribution in [2.45, 2.75) is 63.2 Å². The average molecular weight is 333 g/mol. The van der Waals surface area contributed by atoms with Crippen LogP contribution >= 0.6 is 0 Å². The maximum atomic E-state index is 12.1. The van der Waals surface area contributed by atoms with Crippen LogP contribution in [0.4, 0.5) is 0 Å². The van der Waals surface area contributed by atoms with Gasteiger partial charge >= 0.3 is 0 Å². The van der Waals surface area contributed by atoms with E-state index in [4.69, 9.17) is 0 Å². The Bertz CT molecular complexity index is 643. The van der Waals surface area contributed by atoms with Crippen molar-refractivity contribution >= 4 is 10.0 Å². The standard InChI is InChI=1S/C19H27NO2S/c1-17-12-14-19(15-13-17)23(21,22)20-16-8-4-7-11-18-9-5-2-3-6-10-18/h7,12-15,20H,2-6,8-10,16H2,1H3. The molecule has 1 aromatic carbocycles. The second-order valence-corrected chi connectivity index (χ2v) is 7.99. The van der Waals surface area contributed by atoms with Crippen LogP contribution in [0, 0.1) is 6.92 Å². The fourth-order valence-electron chi connectivity index (χ4n) is 2.73. The highest BCUT2D eigenvalue weighted by atomic mass is 32.2. The Balaban J connectivity index is 1.76. The van der Waals surface area contributed by atoms with Crippen LogP contribution in [0.5, 0.6) is 0 Å². The van der Waals surface area contributed by atoms with Crippen molar-refractivity contribution in [1.29, 1.82) is 0 Å². The topological polar surface area (TPSA) is 46.2 Å². The minimum atomic E-state index is -3.38. The molecule has 0 amide bonds. The van der Waals surface area contributed by atoms with Gasteiger partial charge in [-0.25, -0.2) is 13.1 Å². The minimum absolute atomic E-state index is 0.333. The number of nitrogens with one attached hydrogen (secondary N) is 1. The fourth-order valence-corrected chi connectivity index (χ4v) is 3.80. The first kappa shape index (κ1) is 18.0. The van der Waals surface area contributed by atoms with E-state index >= 15 is 0 Å². The van der Waals surface area contributed by atoms with Crippen molar-refractivity contribution in [1.82, 2.24) is 4.72 Å². The monoisotopic (exact) mass is 333 g/mol. The van der Waals surface area contributed by atoms with Crippen LogP contribution in [-0.2, 0) is 10.0 Å². The highest BCUT2D eigenvalue weighted by Gasteiger charge is 2.12. The van der Waals surface area contributed by atoms with Crippen molar-refractivity contribution in [2.24, 2.45) is 0 Å². The first-order valence-corrected chi connectivity index (χ1v) is 10.1. The third-order valence-corrected chi connectivity index (χ3v) is 5.64. The summed E-state index contributed by atoms with van der Waals surface area (Å²) in [5, 5.41) is 0. The smallest absolute Gasteiger partial charge is 0.211 e. The zero-order valence-corrected chi connectivity index (χ0v) is 14.8. The van der Waals surface area contributed by atoms with Crippen LogP contribution in [0.15, 0.2) is 46.5 Å². The summed E-state index contributed by atoms with van der Waals surface area (Å²) in [6.45, 7) is 2.41. The summed E-state index contributed by atoms with van der Waals surface area (Å²) in [5.74, 6) is 0. The highest BCUT2D eigenvalue weighted by molar-refractivity contribution is 7.89. The Labute approximate surface area is 140 Å². The van der Waals surface area contributed by atoms with E-state index in [0.29, 0.717) is 11.4 Å². The van der Waals surface area contributed by atoms with Gasteiger partial charge in [-0.1, -0.05) is 30.5 Å². The lowest BCUT2D eigenvalue weighted by Gasteiger charge is -2.06. The van der Waals surface area contributed by atoms with Gasteiger partial charge in [0.1, 0.15) is 0 Å². The van der Waals surface area contributed by atoms with Gasteiger partial charge in [-0.3, -0.25) is 0 Å². The van der Waals surface area contributed by atoms with Gasteiger partial charge in [-0.15, -0.1) is 5.73 Å². The van der Waals surface area contributed by atoms with E-state index in [1.165, 1.54) is 44.1 Å². The number of rotatable bonds is 6. The van der Waals surface area contributed by atoms with E-state index in [1.807, 2.05) is 19.1 Å². The first-order valence-electron chi connectivity index (χ1n) is 8.57. The number of unbranched alkanes of at least 4 members (excludes halogenated alkanes) is 1. The van der Waals surface area contributed by atoms with Gasteiger partial charge in [0.2, 0.25) is 10.0 Å². The van der Waals surface area contributed by atoms with Crippen molar-refractivity contribution in [3.05, 3.63) is 47.2 Å². The Morgan fingerprint density at radius 1 is 1.09 bits per heavy atom. The molecule has 0 heterocycles. The number of hydrogen-bond acceptors (Lipinski definition) is 2. The van der Waals surface area contributed by atoms with Gasteiger partial charge < -0.3 is 0 Å². The predicted molar refractivity (Wildman–Crippen MR) is 94.9 cm³/mol. The first-order chi connectivity index (χ1) is 11.1. The zero-order chi connectivity index (χ0) is 16.5. The molecular formula is C19H27NO2S. The highest BCUT2D eigenvalue weighted by Crippen LogP contribution is 2.20. The van der Waals surface area contributed by atoms with Gasteiger partial charge in [0.05, 0.1) is 4.90 Å². The molecule has 2 rings (SSSR count). The van der Waals surface area contributed by atoms with E-state index in [0.717, 1.165) is 18.4 Å². The van der Waals surface area contributed by atoms with E-state index < -0.39 is 10.0 Å². The second-order valence-electron chi connectivity index (χ2n) is 6.22. The molecule has 1 N–H and O–H groups in total. The van der Waals surface area contributed by atoms with Crippen LogP contribution in [0.25, 0.3) is 0 Å². The molecule has 0 saturated heterocycles. The van der Waals surface area contributed by atoms with Crippen molar-refractivity contribution < 1.29 is 8.42 Å². The normalized spacial score (nSPS) is 15.8. The molecule has 1 aliphatic rings. The predicted octanol–water partition coefficient (Wildman–Crippen LogP) is 4.49. The fraction of sp³-hybridized carbons (Fsp3) is 0.526. The zero-order valence-electron chi connectivity index (χ0n) is 14.0. The lowest BCUT2D eigenvalue weighted by Crippen LogP contribution is -2.24. The molecule has 1 aliphatic carbocycles. The molecule has 0 spiro atoms. The quantitative estimate of drug-likeness (QED) is 0.474. The molecule has 1 saturated carbocycles. The maximum absolute atomic E-state index is 12.1. The number of aryl methyl sites for hydroxylation is 1. The summed E-state index contributed by atoms with van der Waals surface area (Å²) in [6.07, 6.45) is 11.3. The molecule has 126 valence electrons. The van der Waals surface area contributed by atoms with Crippen LogP contribution in [0.1, 0.15) is 56.9 Å². The molecule has 0 aliphatic heterocycles. The van der Waals surface area contributed by atoms with E-state index in [9.17, 15) is 8.42 Å². The van der Waals surface area contributed by atoms with Crippen LogP contribution < -0.4 is 4.72 Å². The Morgan fingerprint density at radius 2 is 1.74 bits per heavy atom. The van der Waals surface area contributed by atoms with Crippen LogP contribution in [-0.4, -0.2) is 15.0 Å². The molecule has 4 heteroatoms. The summed E-state index contributed by atoms with van der Waals surface area (Å²) in [4.78, 5) is 0.333. The van der Waals surface area contributed by atoms with Crippen LogP contribution in [0.2, 0.25) is 0 Å². The molecule has 0 atom stereocenters. The summed E-state index contributed by atoms with van der Waals surface area (Å²) < 4.78 is 26.9. The van der Waals surface area contributed by atoms with Gasteiger partial charge in [-0.05, 0) is 69.2 Å². The van der Waals surface area contributed by atoms with E-state index in [1.54, 1.807) is 12.1 Å². The van der Waals surface area contributed by atoms with Crippen molar-refractivity contribution in [3.63, 3.8) is 0 Å². The summed E-state index contributed by atoms with van der Waals surface area (Å²) in [5.41, 5.74) is 5.90. The number of sulfonamides is 1. The number of allylic oxidation sites excluding steroid dienone is 1. The van der Waals surface area contributed by atoms with Gasteiger partial charge in [0.25, 0.3) is 0 Å². The van der Waals surface area contributed by atoms with Gasteiger partial charge in [0, 0.05) is 6.54 Å². The SMILES string of the molecule is Cc1ccc(S(=O)(=O)NCCCC=C=C2CCCCCC2)cc1. The van der Waals surface area contributed by atoms with Crippen LogP contribution in [0.3, 0.4) is 0 Å². The minimum Gasteiger partial charge on any atom is -0.211 e. The average Bonchev–Trinajstić information content (AvgIpc) is 2.80. The molecule has 23 heavy (non-hydrogen) atoms. The number of hydrogen-bond donors (Lipinski definition) is 1. The Morgan fingerprint density at radius 3 is 2.39 bits per heavy atom. The largest absolute Gasteiger partial charge is 0.240 e. The molecule has 0 radical (unpaired) electrons. The third-order valence-electron chi connectivity index (χ3n) is 4.16. The molecule has 1 aromatic rings. The molecule has 3 nitrogen and oxygen atoms in total. The summed E-state index contributed by atoms with van der Waals surface area (Å²) >= 11 is 0. The third kappa shape index (κ3) is 6.34. The summed E-state index contributed by atoms with van der Waals surface area (Å²) in [7, 11) is -3.38.